The number of hydrogen-bond donors (Lipinski definition) is 0. The van der Waals surface area contributed by atoms with Gasteiger partial charge in [0.05, 0.1) is 17.7 Å². The van der Waals surface area contributed by atoms with E-state index in [0.717, 1.165) is 5.56 Å². The van der Waals surface area contributed by atoms with E-state index < -0.39 is 8.38 Å². The topological polar surface area (TPSA) is 18.5 Å². The fourth-order valence-electron chi connectivity index (χ4n) is 1.42. The van der Waals surface area contributed by atoms with Gasteiger partial charge in [-0.05, 0) is 53.9 Å². The lowest BCUT2D eigenvalue weighted by molar-refractivity contribution is 0.268. The molecule has 0 saturated heterocycles. The Balaban J connectivity index is 2.82. The highest BCUT2D eigenvalue weighted by molar-refractivity contribution is 9.10. The highest BCUT2D eigenvalue weighted by Gasteiger charge is 2.14. The predicted octanol–water partition coefficient (Wildman–Crippen LogP) is 4.78. The van der Waals surface area contributed by atoms with Crippen LogP contribution >= 0.6 is 24.3 Å². The van der Waals surface area contributed by atoms with Gasteiger partial charge in [-0.1, -0.05) is 6.07 Å². The van der Waals surface area contributed by atoms with E-state index in [-0.39, 0.29) is 5.82 Å². The lowest BCUT2D eigenvalue weighted by atomic mass is 10.1. The van der Waals surface area contributed by atoms with E-state index in [9.17, 15) is 4.39 Å². The fourth-order valence-corrected chi connectivity index (χ4v) is 3.30. The summed E-state index contributed by atoms with van der Waals surface area (Å²) in [5, 5.41) is 0. The molecule has 0 saturated carbocycles. The van der Waals surface area contributed by atoms with Gasteiger partial charge in [-0.2, -0.15) is 0 Å². The maximum absolute atomic E-state index is 13.7. The number of benzene rings is 1. The zero-order valence-corrected chi connectivity index (χ0v) is 12.8. The average Bonchev–Trinajstić information content (AvgIpc) is 2.30. The van der Waals surface area contributed by atoms with Crippen molar-refractivity contribution in [3.8, 4) is 0 Å². The van der Waals surface area contributed by atoms with Crippen molar-refractivity contribution in [3.63, 3.8) is 0 Å². The van der Waals surface area contributed by atoms with Crippen molar-refractivity contribution in [3.05, 3.63) is 33.5 Å². The molecule has 1 rings (SSSR count). The Labute approximate surface area is 112 Å². The summed E-state index contributed by atoms with van der Waals surface area (Å²) >= 11 is 3.18. The first-order valence-electron chi connectivity index (χ1n) is 5.57. The second kappa shape index (κ2) is 7.42. The molecule has 0 heterocycles. The summed E-state index contributed by atoms with van der Waals surface area (Å²) in [5.74, 6) is -0.203. The van der Waals surface area contributed by atoms with Crippen molar-refractivity contribution in [1.82, 2.24) is 0 Å². The summed E-state index contributed by atoms with van der Waals surface area (Å²) in [5.41, 5.74) is 1.60. The minimum Gasteiger partial charge on any atom is -0.334 e. The molecular weight excluding hydrogens is 306 g/mol. The van der Waals surface area contributed by atoms with Crippen LogP contribution < -0.4 is 0 Å². The van der Waals surface area contributed by atoms with Crippen molar-refractivity contribution in [2.75, 3.05) is 13.2 Å². The third kappa shape index (κ3) is 4.29. The Kier molecular flexibility index (Phi) is 6.57. The normalized spacial score (nSPS) is 11.2. The van der Waals surface area contributed by atoms with Gasteiger partial charge in [0.2, 0.25) is 0 Å². The molecule has 5 heteroatoms. The van der Waals surface area contributed by atoms with Gasteiger partial charge in [-0.15, -0.1) is 0 Å². The van der Waals surface area contributed by atoms with E-state index in [1.165, 1.54) is 0 Å². The Morgan fingerprint density at radius 2 is 1.82 bits per heavy atom. The summed E-state index contributed by atoms with van der Waals surface area (Å²) in [4.78, 5) is 0. The van der Waals surface area contributed by atoms with Crippen molar-refractivity contribution >= 4 is 24.3 Å². The third-order valence-corrected chi connectivity index (χ3v) is 4.60. The van der Waals surface area contributed by atoms with E-state index in [1.54, 1.807) is 13.0 Å². The molecule has 0 aliphatic carbocycles. The minimum absolute atomic E-state index is 0.203. The zero-order valence-electron chi connectivity index (χ0n) is 10.3. The summed E-state index contributed by atoms with van der Waals surface area (Å²) in [6, 6.07) is 3.64. The van der Waals surface area contributed by atoms with Crippen molar-refractivity contribution in [1.29, 1.82) is 0 Å². The maximum Gasteiger partial charge on any atom is 0.175 e. The molecular formula is C12H17BrFO2P. The summed E-state index contributed by atoms with van der Waals surface area (Å²) in [6.07, 6.45) is 0.632. The Bertz CT molecular complexity index is 368. The monoisotopic (exact) mass is 322 g/mol. The highest BCUT2D eigenvalue weighted by atomic mass is 79.9. The smallest absolute Gasteiger partial charge is 0.175 e. The molecule has 0 unspecified atom stereocenters. The molecule has 0 aliphatic heterocycles. The van der Waals surface area contributed by atoms with Crippen LogP contribution in [0.25, 0.3) is 0 Å². The number of halogens is 2. The molecule has 1 aromatic rings. The summed E-state index contributed by atoms with van der Waals surface area (Å²) < 4.78 is 25.2. The summed E-state index contributed by atoms with van der Waals surface area (Å²) in [7, 11) is -0.957. The van der Waals surface area contributed by atoms with Crippen LogP contribution in [0.1, 0.15) is 25.0 Å². The van der Waals surface area contributed by atoms with E-state index in [4.69, 9.17) is 9.05 Å². The molecule has 0 atom stereocenters. The van der Waals surface area contributed by atoms with Gasteiger partial charge in [-0.3, -0.25) is 0 Å². The second-order valence-corrected chi connectivity index (χ2v) is 5.82. The van der Waals surface area contributed by atoms with Gasteiger partial charge >= 0.3 is 0 Å². The minimum atomic E-state index is -0.957. The van der Waals surface area contributed by atoms with Crippen molar-refractivity contribution in [2.24, 2.45) is 0 Å². The molecule has 17 heavy (non-hydrogen) atoms. The molecule has 0 aromatic heterocycles. The average molecular weight is 323 g/mol. The van der Waals surface area contributed by atoms with Gasteiger partial charge in [0, 0.05) is 6.16 Å². The van der Waals surface area contributed by atoms with Crippen LogP contribution in [0.5, 0.6) is 0 Å². The highest BCUT2D eigenvalue weighted by Crippen LogP contribution is 2.43. The Hall–Kier alpha value is -0.0200. The van der Waals surface area contributed by atoms with Crippen LogP contribution in [0.4, 0.5) is 4.39 Å². The van der Waals surface area contributed by atoms with E-state index in [2.05, 4.69) is 15.9 Å². The molecule has 1 aromatic carbocycles. The van der Waals surface area contributed by atoms with Gasteiger partial charge in [0.1, 0.15) is 5.82 Å². The van der Waals surface area contributed by atoms with Gasteiger partial charge in [0.15, 0.2) is 8.38 Å². The molecule has 0 radical (unpaired) electrons. The van der Waals surface area contributed by atoms with Gasteiger partial charge < -0.3 is 9.05 Å². The lowest BCUT2D eigenvalue weighted by Crippen LogP contribution is -1.98. The number of rotatable bonds is 6. The molecule has 0 bridgehead atoms. The molecule has 0 N–H and O–H groups in total. The second-order valence-electron chi connectivity index (χ2n) is 3.47. The largest absolute Gasteiger partial charge is 0.334 e. The fraction of sp³-hybridized carbons (Fsp3) is 0.500. The third-order valence-electron chi connectivity index (χ3n) is 2.30. The SMILES string of the molecule is CCOP(Cc1ccc(Br)c(F)c1C)OCC. The van der Waals surface area contributed by atoms with Crippen LogP contribution in [-0.2, 0) is 15.2 Å². The zero-order chi connectivity index (χ0) is 12.8. The molecule has 0 spiro atoms. The predicted molar refractivity (Wildman–Crippen MR) is 72.7 cm³/mol. The molecule has 0 aliphatic rings. The number of hydrogen-bond acceptors (Lipinski definition) is 2. The van der Waals surface area contributed by atoms with E-state index in [0.29, 0.717) is 29.4 Å². The first-order chi connectivity index (χ1) is 8.10. The first-order valence-corrected chi connectivity index (χ1v) is 7.72. The summed E-state index contributed by atoms with van der Waals surface area (Å²) in [6.45, 7) is 6.88. The van der Waals surface area contributed by atoms with Crippen LogP contribution in [0.15, 0.2) is 16.6 Å². The van der Waals surface area contributed by atoms with Crippen LogP contribution in [0.2, 0.25) is 0 Å². The first kappa shape index (κ1) is 15.0. The van der Waals surface area contributed by atoms with Crippen molar-refractivity contribution < 1.29 is 13.4 Å². The van der Waals surface area contributed by atoms with Crippen LogP contribution in [0.3, 0.4) is 0 Å². The molecule has 2 nitrogen and oxygen atoms in total. The lowest BCUT2D eigenvalue weighted by Gasteiger charge is -2.17. The van der Waals surface area contributed by atoms with E-state index in [1.807, 2.05) is 19.9 Å². The standard InChI is InChI=1S/C12H17BrFO2P/c1-4-15-17(16-5-2)8-10-6-7-11(13)12(14)9(10)3/h6-7H,4-5,8H2,1-3H3. The Morgan fingerprint density at radius 3 is 2.35 bits per heavy atom. The molecule has 96 valence electrons. The molecule has 0 amide bonds. The quantitative estimate of drug-likeness (QED) is 0.701. The van der Waals surface area contributed by atoms with Gasteiger partial charge in [-0.25, -0.2) is 4.39 Å². The van der Waals surface area contributed by atoms with E-state index >= 15 is 0 Å². The molecule has 0 fully saturated rings. The Morgan fingerprint density at radius 1 is 1.24 bits per heavy atom. The maximum atomic E-state index is 13.7. The van der Waals surface area contributed by atoms with Crippen LogP contribution in [-0.4, -0.2) is 13.2 Å². The van der Waals surface area contributed by atoms with Gasteiger partial charge in [0.25, 0.3) is 0 Å². The van der Waals surface area contributed by atoms with Crippen molar-refractivity contribution in [2.45, 2.75) is 26.9 Å². The van der Waals surface area contributed by atoms with Crippen LogP contribution in [0, 0.1) is 12.7 Å².